The van der Waals surface area contributed by atoms with Crippen molar-refractivity contribution < 1.29 is 19.1 Å². The zero-order chi connectivity index (χ0) is 22.6. The molecule has 0 unspecified atom stereocenters. The first-order valence-corrected chi connectivity index (χ1v) is 10.5. The molecule has 2 N–H and O–H groups in total. The minimum Gasteiger partial charge on any atom is -0.445 e. The van der Waals surface area contributed by atoms with Gasteiger partial charge in [-0.3, -0.25) is 4.79 Å². The van der Waals surface area contributed by atoms with E-state index in [4.69, 9.17) is 4.74 Å². The maximum Gasteiger partial charge on any atom is 0.408 e. The van der Waals surface area contributed by atoms with E-state index in [2.05, 4.69) is 10.6 Å². The SMILES string of the molecule is O=CC[C@@H](NC(=O)[C@H](Cc1ccccc1)NC(=O)OCc1ccccc1)c1ccccc1. The van der Waals surface area contributed by atoms with Crippen LogP contribution in [0, 0.1) is 0 Å². The van der Waals surface area contributed by atoms with Gasteiger partial charge >= 0.3 is 6.09 Å². The summed E-state index contributed by atoms with van der Waals surface area (Å²) in [5.74, 6) is -0.388. The van der Waals surface area contributed by atoms with Crippen LogP contribution in [-0.4, -0.2) is 24.3 Å². The molecule has 3 aromatic carbocycles. The number of aldehydes is 1. The highest BCUT2D eigenvalue weighted by Gasteiger charge is 2.25. The number of benzene rings is 3. The maximum atomic E-state index is 13.1. The van der Waals surface area contributed by atoms with Gasteiger partial charge in [-0.05, 0) is 16.7 Å². The Morgan fingerprint density at radius 3 is 1.94 bits per heavy atom. The maximum absolute atomic E-state index is 13.1. The number of rotatable bonds is 10. The van der Waals surface area contributed by atoms with Crippen molar-refractivity contribution in [3.63, 3.8) is 0 Å². The molecule has 0 saturated heterocycles. The number of carbonyl (C=O) groups excluding carboxylic acids is 3. The predicted octanol–water partition coefficient (Wildman–Crippen LogP) is 3.97. The van der Waals surface area contributed by atoms with Crippen molar-refractivity contribution >= 4 is 18.3 Å². The van der Waals surface area contributed by atoms with Crippen LogP contribution >= 0.6 is 0 Å². The lowest BCUT2D eigenvalue weighted by molar-refractivity contribution is -0.124. The Balaban J connectivity index is 1.69. The summed E-state index contributed by atoms with van der Waals surface area (Å²) in [5, 5.41) is 5.57. The normalized spacial score (nSPS) is 12.2. The summed E-state index contributed by atoms with van der Waals surface area (Å²) >= 11 is 0. The Morgan fingerprint density at radius 1 is 0.781 bits per heavy atom. The van der Waals surface area contributed by atoms with E-state index in [0.717, 1.165) is 23.0 Å². The molecule has 6 nitrogen and oxygen atoms in total. The van der Waals surface area contributed by atoms with Crippen LogP contribution in [0.2, 0.25) is 0 Å². The number of carbonyl (C=O) groups is 3. The van der Waals surface area contributed by atoms with Crippen LogP contribution in [-0.2, 0) is 27.4 Å². The van der Waals surface area contributed by atoms with Gasteiger partial charge in [-0.1, -0.05) is 91.0 Å². The molecule has 0 aliphatic heterocycles. The number of ether oxygens (including phenoxy) is 1. The first-order chi connectivity index (χ1) is 15.7. The number of amides is 2. The van der Waals surface area contributed by atoms with Crippen LogP contribution in [0.1, 0.15) is 29.2 Å². The van der Waals surface area contributed by atoms with Gasteiger partial charge in [0.2, 0.25) is 5.91 Å². The lowest BCUT2D eigenvalue weighted by Crippen LogP contribution is -2.49. The summed E-state index contributed by atoms with van der Waals surface area (Å²) in [6, 6.07) is 26.6. The van der Waals surface area contributed by atoms with E-state index in [1.807, 2.05) is 91.0 Å². The number of hydrogen-bond acceptors (Lipinski definition) is 4. The molecule has 3 aromatic rings. The minimum absolute atomic E-state index is 0.101. The zero-order valence-electron chi connectivity index (χ0n) is 17.6. The standard InChI is InChI=1S/C26H26N2O4/c29-17-16-23(22-14-8-3-9-15-22)27-25(30)24(18-20-10-4-1-5-11-20)28-26(31)32-19-21-12-6-2-7-13-21/h1-15,17,23-24H,16,18-19H2,(H,27,30)(H,28,31)/t23-,24+/m1/s1. The Bertz CT molecular complexity index is 994. The summed E-state index contributed by atoms with van der Waals surface area (Å²) in [5.41, 5.74) is 2.56. The fourth-order valence-electron chi connectivity index (χ4n) is 3.30. The van der Waals surface area contributed by atoms with Crippen molar-refractivity contribution in [2.45, 2.75) is 31.5 Å². The smallest absolute Gasteiger partial charge is 0.408 e. The second-order valence-electron chi connectivity index (χ2n) is 7.32. The van der Waals surface area contributed by atoms with Gasteiger partial charge in [-0.25, -0.2) is 4.79 Å². The highest BCUT2D eigenvalue weighted by Crippen LogP contribution is 2.16. The predicted molar refractivity (Wildman–Crippen MR) is 122 cm³/mol. The number of nitrogens with one attached hydrogen (secondary N) is 2. The zero-order valence-corrected chi connectivity index (χ0v) is 17.6. The quantitative estimate of drug-likeness (QED) is 0.477. The van der Waals surface area contributed by atoms with E-state index in [9.17, 15) is 14.4 Å². The Labute approximate surface area is 187 Å². The lowest BCUT2D eigenvalue weighted by Gasteiger charge is -2.23. The van der Waals surface area contributed by atoms with Crippen LogP contribution in [0.4, 0.5) is 4.79 Å². The van der Waals surface area contributed by atoms with Crippen molar-refractivity contribution in [2.24, 2.45) is 0 Å². The van der Waals surface area contributed by atoms with E-state index in [-0.39, 0.29) is 25.4 Å². The molecular weight excluding hydrogens is 404 g/mol. The molecule has 32 heavy (non-hydrogen) atoms. The van der Waals surface area contributed by atoms with E-state index in [1.54, 1.807) is 0 Å². The Hall–Kier alpha value is -3.93. The third-order valence-electron chi connectivity index (χ3n) is 4.95. The molecule has 0 aliphatic rings. The van der Waals surface area contributed by atoms with Gasteiger partial charge in [-0.15, -0.1) is 0 Å². The lowest BCUT2D eigenvalue weighted by atomic mass is 10.0. The van der Waals surface area contributed by atoms with E-state index >= 15 is 0 Å². The molecule has 0 spiro atoms. The fourth-order valence-corrected chi connectivity index (χ4v) is 3.30. The van der Waals surface area contributed by atoms with Crippen molar-refractivity contribution in [2.75, 3.05) is 0 Å². The Morgan fingerprint density at radius 2 is 1.34 bits per heavy atom. The van der Waals surface area contributed by atoms with Gasteiger partial charge < -0.3 is 20.2 Å². The van der Waals surface area contributed by atoms with Crippen molar-refractivity contribution in [1.82, 2.24) is 10.6 Å². The summed E-state index contributed by atoms with van der Waals surface area (Å²) < 4.78 is 5.30. The molecule has 164 valence electrons. The molecule has 6 heteroatoms. The second-order valence-corrected chi connectivity index (χ2v) is 7.32. The van der Waals surface area contributed by atoms with Gasteiger partial charge in [0, 0.05) is 12.8 Å². The number of hydrogen-bond donors (Lipinski definition) is 2. The van der Waals surface area contributed by atoms with Gasteiger partial charge in [0.05, 0.1) is 6.04 Å². The second kappa shape index (κ2) is 12.1. The first-order valence-electron chi connectivity index (χ1n) is 10.5. The van der Waals surface area contributed by atoms with E-state index in [1.165, 1.54) is 0 Å². The van der Waals surface area contributed by atoms with Gasteiger partial charge in [0.25, 0.3) is 0 Å². The summed E-state index contributed by atoms with van der Waals surface area (Å²) in [6.07, 6.45) is 0.504. The molecule has 0 aromatic heterocycles. The van der Waals surface area contributed by atoms with Crippen LogP contribution in [0.15, 0.2) is 91.0 Å². The van der Waals surface area contributed by atoms with Crippen molar-refractivity contribution in [3.8, 4) is 0 Å². The van der Waals surface area contributed by atoms with Gasteiger partial charge in [0.15, 0.2) is 0 Å². The van der Waals surface area contributed by atoms with Crippen molar-refractivity contribution in [1.29, 1.82) is 0 Å². The average Bonchev–Trinajstić information content (AvgIpc) is 2.84. The van der Waals surface area contributed by atoms with Crippen LogP contribution in [0.25, 0.3) is 0 Å². The van der Waals surface area contributed by atoms with E-state index < -0.39 is 18.2 Å². The third-order valence-corrected chi connectivity index (χ3v) is 4.95. The average molecular weight is 431 g/mol. The van der Waals surface area contributed by atoms with Crippen molar-refractivity contribution in [3.05, 3.63) is 108 Å². The molecule has 3 rings (SSSR count). The minimum atomic E-state index is -0.862. The van der Waals surface area contributed by atoms with Gasteiger partial charge in [-0.2, -0.15) is 0 Å². The molecule has 0 aliphatic carbocycles. The largest absolute Gasteiger partial charge is 0.445 e. The van der Waals surface area contributed by atoms with Crippen LogP contribution in [0.3, 0.4) is 0 Å². The summed E-state index contributed by atoms with van der Waals surface area (Å²) in [7, 11) is 0. The molecule has 0 bridgehead atoms. The molecule has 0 heterocycles. The summed E-state index contributed by atoms with van der Waals surface area (Å²) in [4.78, 5) is 36.7. The monoisotopic (exact) mass is 430 g/mol. The molecule has 2 amide bonds. The molecule has 0 radical (unpaired) electrons. The van der Waals surface area contributed by atoms with Gasteiger partial charge in [0.1, 0.15) is 18.9 Å². The number of alkyl carbamates (subject to hydrolysis) is 1. The molecule has 0 fully saturated rings. The van der Waals surface area contributed by atoms with Crippen LogP contribution in [0.5, 0.6) is 0 Å². The molecule has 2 atom stereocenters. The molecular formula is C26H26N2O4. The highest BCUT2D eigenvalue weighted by molar-refractivity contribution is 5.86. The first kappa shape index (κ1) is 22.7. The Kier molecular flexibility index (Phi) is 8.57. The topological polar surface area (TPSA) is 84.5 Å². The third kappa shape index (κ3) is 7.09. The van der Waals surface area contributed by atoms with E-state index in [0.29, 0.717) is 0 Å². The summed E-state index contributed by atoms with van der Waals surface area (Å²) in [6.45, 7) is 0.101. The fraction of sp³-hybridized carbons (Fsp3) is 0.192. The van der Waals surface area contributed by atoms with Crippen LogP contribution < -0.4 is 10.6 Å². The molecule has 0 saturated carbocycles. The highest BCUT2D eigenvalue weighted by atomic mass is 16.5.